The largest absolute Gasteiger partial charge is 0.494 e. The lowest BCUT2D eigenvalue weighted by atomic mass is 10.1. The van der Waals surface area contributed by atoms with Crippen LogP contribution in [0.15, 0.2) is 77.6 Å². The Morgan fingerprint density at radius 1 is 0.848 bits per heavy atom. The third-order valence-electron chi connectivity index (χ3n) is 5.00. The van der Waals surface area contributed by atoms with Crippen LogP contribution in [-0.2, 0) is 7.05 Å². The number of aromatic nitrogens is 2. The fraction of sp³-hybridized carbons (Fsp3) is 0.120. The Balaban J connectivity index is 1.47. The zero-order chi connectivity index (χ0) is 23.4. The molecule has 0 saturated heterocycles. The minimum atomic E-state index is -0.451. The number of benzene rings is 3. The maximum Gasteiger partial charge on any atom is 0.276 e. The second kappa shape index (κ2) is 9.35. The topological polar surface area (TPSA) is 102 Å². The summed E-state index contributed by atoms with van der Waals surface area (Å²) in [5.74, 6) is 0.00694. The predicted octanol–water partition coefficient (Wildman–Crippen LogP) is 3.84. The van der Waals surface area contributed by atoms with Crippen molar-refractivity contribution in [1.29, 1.82) is 0 Å². The quantitative estimate of drug-likeness (QED) is 0.472. The van der Waals surface area contributed by atoms with Gasteiger partial charge in [0.05, 0.1) is 12.0 Å². The lowest BCUT2D eigenvalue weighted by Gasteiger charge is -2.10. The van der Waals surface area contributed by atoms with Crippen LogP contribution in [0.4, 0.5) is 11.4 Å². The van der Waals surface area contributed by atoms with Gasteiger partial charge in [-0.1, -0.05) is 18.2 Å². The number of nitrogens with zero attached hydrogens (tertiary/aromatic N) is 2. The Kier molecular flexibility index (Phi) is 6.17. The average Bonchev–Trinajstić information content (AvgIpc) is 2.83. The minimum absolute atomic E-state index is 0.144. The van der Waals surface area contributed by atoms with Gasteiger partial charge in [-0.15, -0.1) is 0 Å². The van der Waals surface area contributed by atoms with Gasteiger partial charge >= 0.3 is 0 Å². The molecule has 0 aliphatic carbocycles. The molecule has 166 valence electrons. The first-order chi connectivity index (χ1) is 16.0. The molecule has 0 fully saturated rings. The number of fused-ring (bicyclic) bond motifs is 1. The molecule has 0 aliphatic heterocycles. The summed E-state index contributed by atoms with van der Waals surface area (Å²) in [5.41, 5.74) is 1.45. The van der Waals surface area contributed by atoms with Crippen molar-refractivity contribution < 1.29 is 14.3 Å². The van der Waals surface area contributed by atoms with Crippen LogP contribution in [0.1, 0.15) is 27.8 Å². The third kappa shape index (κ3) is 4.74. The summed E-state index contributed by atoms with van der Waals surface area (Å²) in [6, 6.07) is 20.4. The van der Waals surface area contributed by atoms with E-state index in [0.717, 1.165) is 10.4 Å². The van der Waals surface area contributed by atoms with Crippen molar-refractivity contribution in [3.63, 3.8) is 0 Å². The number of carbonyl (C=O) groups excluding carboxylic acids is 2. The van der Waals surface area contributed by atoms with Gasteiger partial charge in [0, 0.05) is 29.4 Å². The highest BCUT2D eigenvalue weighted by atomic mass is 16.5. The zero-order valence-electron chi connectivity index (χ0n) is 18.2. The standard InChI is InChI=1S/C25H22N4O4/c1-3-33-19-14-12-18(13-15-19)26-23(30)16-8-10-17(11-9-16)27-24(31)22-20-6-4-5-7-21(20)25(32)29(2)28-22/h4-15H,3H2,1-2H3,(H,26,30)(H,27,31). The van der Waals surface area contributed by atoms with Crippen LogP contribution in [0.2, 0.25) is 0 Å². The Hall–Kier alpha value is -4.46. The molecular weight excluding hydrogens is 420 g/mol. The fourth-order valence-corrected chi connectivity index (χ4v) is 3.37. The molecule has 1 aromatic heterocycles. The summed E-state index contributed by atoms with van der Waals surface area (Å²) in [6.45, 7) is 2.48. The predicted molar refractivity (Wildman–Crippen MR) is 127 cm³/mol. The van der Waals surface area contributed by atoms with Crippen LogP contribution in [0.5, 0.6) is 5.75 Å². The fourth-order valence-electron chi connectivity index (χ4n) is 3.37. The average molecular weight is 442 g/mol. The molecule has 8 heteroatoms. The molecule has 0 atom stereocenters. The smallest absolute Gasteiger partial charge is 0.276 e. The van der Waals surface area contributed by atoms with E-state index < -0.39 is 5.91 Å². The van der Waals surface area contributed by atoms with Crippen molar-refractivity contribution in [3.05, 3.63) is 94.4 Å². The molecule has 0 spiro atoms. The number of anilines is 2. The molecule has 8 nitrogen and oxygen atoms in total. The van der Waals surface area contributed by atoms with Gasteiger partial charge in [-0.2, -0.15) is 5.10 Å². The zero-order valence-corrected chi connectivity index (χ0v) is 18.2. The Morgan fingerprint density at radius 3 is 2.06 bits per heavy atom. The number of aryl methyl sites for hydroxylation is 1. The molecule has 0 radical (unpaired) electrons. The molecule has 0 aliphatic rings. The van der Waals surface area contributed by atoms with Crippen molar-refractivity contribution >= 4 is 34.0 Å². The van der Waals surface area contributed by atoms with E-state index in [-0.39, 0.29) is 17.2 Å². The first-order valence-electron chi connectivity index (χ1n) is 10.4. The van der Waals surface area contributed by atoms with Crippen LogP contribution < -0.4 is 20.9 Å². The Labute approximate surface area is 189 Å². The first kappa shape index (κ1) is 21.8. The van der Waals surface area contributed by atoms with E-state index in [4.69, 9.17) is 4.74 Å². The van der Waals surface area contributed by atoms with Gasteiger partial charge in [0.25, 0.3) is 17.4 Å². The number of nitrogens with one attached hydrogen (secondary N) is 2. The van der Waals surface area contributed by atoms with Crippen LogP contribution in [0, 0.1) is 0 Å². The summed E-state index contributed by atoms with van der Waals surface area (Å²) in [4.78, 5) is 37.6. The first-order valence-corrected chi connectivity index (χ1v) is 10.4. The number of amides is 2. The minimum Gasteiger partial charge on any atom is -0.494 e. The molecule has 2 amide bonds. The van der Waals surface area contributed by atoms with Crippen molar-refractivity contribution in [1.82, 2.24) is 9.78 Å². The van der Waals surface area contributed by atoms with E-state index in [0.29, 0.717) is 34.3 Å². The SMILES string of the molecule is CCOc1ccc(NC(=O)c2ccc(NC(=O)c3nn(C)c(=O)c4ccccc34)cc2)cc1. The molecule has 3 aromatic carbocycles. The lowest BCUT2D eigenvalue weighted by Crippen LogP contribution is -2.25. The molecule has 33 heavy (non-hydrogen) atoms. The number of hydrogen-bond acceptors (Lipinski definition) is 5. The van der Waals surface area contributed by atoms with E-state index in [1.165, 1.54) is 7.05 Å². The number of hydrogen-bond donors (Lipinski definition) is 2. The molecule has 0 unspecified atom stereocenters. The Bertz CT molecular complexity index is 1380. The second-order valence-electron chi connectivity index (χ2n) is 7.27. The molecule has 4 aromatic rings. The summed E-state index contributed by atoms with van der Waals surface area (Å²) in [7, 11) is 1.50. The van der Waals surface area contributed by atoms with Crippen LogP contribution in [0.25, 0.3) is 10.8 Å². The van der Waals surface area contributed by atoms with Crippen LogP contribution >= 0.6 is 0 Å². The number of carbonyl (C=O) groups is 2. The summed E-state index contributed by atoms with van der Waals surface area (Å²) >= 11 is 0. The van der Waals surface area contributed by atoms with Gasteiger partial charge in [0.15, 0.2) is 5.69 Å². The van der Waals surface area contributed by atoms with E-state index in [1.807, 2.05) is 6.92 Å². The molecule has 4 rings (SSSR count). The maximum absolute atomic E-state index is 12.8. The summed E-state index contributed by atoms with van der Waals surface area (Å²) < 4.78 is 6.54. The number of rotatable bonds is 6. The molecule has 2 N–H and O–H groups in total. The van der Waals surface area contributed by atoms with E-state index >= 15 is 0 Å². The van der Waals surface area contributed by atoms with Gasteiger partial charge in [0.2, 0.25) is 0 Å². The Morgan fingerprint density at radius 2 is 1.42 bits per heavy atom. The maximum atomic E-state index is 12.8. The normalized spacial score (nSPS) is 10.6. The highest BCUT2D eigenvalue weighted by molar-refractivity contribution is 6.11. The molecule has 0 saturated carbocycles. The van der Waals surface area contributed by atoms with E-state index in [9.17, 15) is 14.4 Å². The van der Waals surface area contributed by atoms with Gasteiger partial charge in [-0.25, -0.2) is 4.68 Å². The molecule has 1 heterocycles. The van der Waals surface area contributed by atoms with Gasteiger partial charge in [-0.3, -0.25) is 14.4 Å². The highest BCUT2D eigenvalue weighted by Crippen LogP contribution is 2.18. The van der Waals surface area contributed by atoms with E-state index in [2.05, 4.69) is 15.7 Å². The van der Waals surface area contributed by atoms with Crippen molar-refractivity contribution in [2.75, 3.05) is 17.2 Å². The van der Waals surface area contributed by atoms with Gasteiger partial charge in [0.1, 0.15) is 5.75 Å². The summed E-state index contributed by atoms with van der Waals surface area (Å²) in [6.07, 6.45) is 0. The second-order valence-corrected chi connectivity index (χ2v) is 7.27. The lowest BCUT2D eigenvalue weighted by molar-refractivity contribution is 0.101. The van der Waals surface area contributed by atoms with Gasteiger partial charge in [-0.05, 0) is 61.5 Å². The van der Waals surface area contributed by atoms with Crippen molar-refractivity contribution in [2.24, 2.45) is 7.05 Å². The van der Waals surface area contributed by atoms with E-state index in [1.54, 1.807) is 72.8 Å². The molecular formula is C25H22N4O4. The van der Waals surface area contributed by atoms with Crippen molar-refractivity contribution in [2.45, 2.75) is 6.92 Å². The third-order valence-corrected chi connectivity index (χ3v) is 5.00. The van der Waals surface area contributed by atoms with Crippen LogP contribution in [-0.4, -0.2) is 28.2 Å². The highest BCUT2D eigenvalue weighted by Gasteiger charge is 2.16. The molecule has 0 bridgehead atoms. The number of ether oxygens (including phenoxy) is 1. The summed E-state index contributed by atoms with van der Waals surface area (Å²) in [5, 5.41) is 10.6. The van der Waals surface area contributed by atoms with Crippen LogP contribution in [0.3, 0.4) is 0 Å². The monoisotopic (exact) mass is 442 g/mol. The van der Waals surface area contributed by atoms with Gasteiger partial charge < -0.3 is 15.4 Å². The van der Waals surface area contributed by atoms with Crippen molar-refractivity contribution in [3.8, 4) is 5.75 Å².